The average Bonchev–Trinajstić information content (AvgIpc) is 3.03. The zero-order valence-electron chi connectivity index (χ0n) is 14.0. The topological polar surface area (TPSA) is 108 Å². The quantitative estimate of drug-likeness (QED) is 0.666. The Hall–Kier alpha value is -2.90. The van der Waals surface area contributed by atoms with Gasteiger partial charge in [-0.2, -0.15) is 0 Å². The van der Waals surface area contributed by atoms with Crippen molar-refractivity contribution in [3.8, 4) is 5.75 Å². The zero-order chi connectivity index (χ0) is 17.9. The molecule has 0 atom stereocenters. The summed E-state index contributed by atoms with van der Waals surface area (Å²) in [7, 11) is 1.30. The minimum atomic E-state index is -0.557. The molecule has 1 heterocycles. The highest BCUT2D eigenvalue weighted by atomic mass is 16.6. The summed E-state index contributed by atoms with van der Waals surface area (Å²) in [4.78, 5) is 27.2. The van der Waals surface area contributed by atoms with E-state index >= 15 is 0 Å². The van der Waals surface area contributed by atoms with E-state index in [-0.39, 0.29) is 29.0 Å². The highest BCUT2D eigenvalue weighted by molar-refractivity contribution is 5.98. The Morgan fingerprint density at radius 3 is 2.62 bits per heavy atom. The first-order valence-corrected chi connectivity index (χ1v) is 7.27. The van der Waals surface area contributed by atoms with Gasteiger partial charge in [0.1, 0.15) is 6.26 Å². The van der Waals surface area contributed by atoms with E-state index in [1.807, 2.05) is 20.8 Å². The number of rotatable bonds is 5. The molecular formula is C16H19N3O5. The predicted molar refractivity (Wildman–Crippen MR) is 86.0 cm³/mol. The van der Waals surface area contributed by atoms with E-state index in [1.165, 1.54) is 25.6 Å². The molecule has 1 aromatic heterocycles. The third kappa shape index (κ3) is 3.70. The van der Waals surface area contributed by atoms with Gasteiger partial charge >= 0.3 is 5.69 Å². The molecule has 0 aliphatic rings. The highest BCUT2D eigenvalue weighted by Gasteiger charge is 2.28. The molecule has 0 saturated carbocycles. The van der Waals surface area contributed by atoms with Crippen LogP contribution in [0.2, 0.25) is 0 Å². The van der Waals surface area contributed by atoms with Crippen LogP contribution >= 0.6 is 0 Å². The van der Waals surface area contributed by atoms with Crippen LogP contribution in [0.5, 0.6) is 5.75 Å². The van der Waals surface area contributed by atoms with Gasteiger partial charge in [-0.3, -0.25) is 14.9 Å². The van der Waals surface area contributed by atoms with Gasteiger partial charge in [0.05, 0.1) is 30.3 Å². The Labute approximate surface area is 139 Å². The van der Waals surface area contributed by atoms with Crippen LogP contribution in [0, 0.1) is 10.1 Å². The molecule has 0 unspecified atom stereocenters. The molecular weight excluding hydrogens is 314 g/mol. The number of ether oxygens (including phenoxy) is 1. The van der Waals surface area contributed by atoms with Crippen molar-refractivity contribution in [3.05, 3.63) is 51.7 Å². The lowest BCUT2D eigenvalue weighted by molar-refractivity contribution is -0.385. The van der Waals surface area contributed by atoms with E-state index in [0.29, 0.717) is 11.5 Å². The molecule has 0 aliphatic heterocycles. The summed E-state index contributed by atoms with van der Waals surface area (Å²) in [6.07, 6.45) is 2.86. The van der Waals surface area contributed by atoms with Crippen molar-refractivity contribution in [2.45, 2.75) is 32.7 Å². The van der Waals surface area contributed by atoms with Crippen molar-refractivity contribution in [2.24, 2.45) is 0 Å². The Kier molecular flexibility index (Phi) is 4.87. The van der Waals surface area contributed by atoms with Gasteiger partial charge < -0.3 is 14.5 Å². The second-order valence-corrected chi connectivity index (χ2v) is 6.19. The van der Waals surface area contributed by atoms with E-state index in [0.717, 1.165) is 0 Å². The van der Waals surface area contributed by atoms with E-state index in [2.05, 4.69) is 10.3 Å². The molecule has 0 aliphatic carbocycles. The minimum absolute atomic E-state index is 0.0714. The number of nitrogens with one attached hydrogen (secondary N) is 1. The largest absolute Gasteiger partial charge is 0.490 e. The van der Waals surface area contributed by atoms with Gasteiger partial charge in [-0.1, -0.05) is 20.8 Å². The number of nitro groups is 1. The molecule has 2 aromatic rings. The number of amides is 1. The summed E-state index contributed by atoms with van der Waals surface area (Å²) < 4.78 is 10.2. The van der Waals surface area contributed by atoms with Crippen LogP contribution in [0.1, 0.15) is 42.6 Å². The lowest BCUT2D eigenvalue weighted by Gasteiger charge is -2.21. The SMILES string of the molecule is COc1c(C(=O)NCc2ncco2)cc(C(C)(C)C)cc1[N+](=O)[O-]. The fourth-order valence-electron chi connectivity index (χ4n) is 2.16. The highest BCUT2D eigenvalue weighted by Crippen LogP contribution is 2.36. The Morgan fingerprint density at radius 1 is 1.42 bits per heavy atom. The molecule has 128 valence electrons. The van der Waals surface area contributed by atoms with Gasteiger partial charge in [0.15, 0.2) is 0 Å². The molecule has 0 spiro atoms. The number of hydrogen-bond donors (Lipinski definition) is 1. The summed E-state index contributed by atoms with van der Waals surface area (Å²) in [5.74, 6) is -0.235. The van der Waals surface area contributed by atoms with E-state index in [1.54, 1.807) is 6.07 Å². The maximum Gasteiger partial charge on any atom is 0.312 e. The number of carbonyl (C=O) groups excluding carboxylic acids is 1. The number of aromatic nitrogens is 1. The van der Waals surface area contributed by atoms with Crippen molar-refractivity contribution in [2.75, 3.05) is 7.11 Å². The standard InChI is InChI=1S/C16H19N3O5/c1-16(2,3)10-7-11(14(23-4)12(8-10)19(21)22)15(20)18-9-13-17-5-6-24-13/h5-8H,9H2,1-4H3,(H,18,20). The lowest BCUT2D eigenvalue weighted by Crippen LogP contribution is -2.25. The average molecular weight is 333 g/mol. The second-order valence-electron chi connectivity index (χ2n) is 6.19. The van der Waals surface area contributed by atoms with E-state index < -0.39 is 10.8 Å². The van der Waals surface area contributed by atoms with Crippen molar-refractivity contribution >= 4 is 11.6 Å². The van der Waals surface area contributed by atoms with E-state index in [9.17, 15) is 14.9 Å². The molecule has 0 saturated heterocycles. The van der Waals surface area contributed by atoms with Crippen LogP contribution < -0.4 is 10.1 Å². The van der Waals surface area contributed by atoms with Crippen LogP contribution in [-0.2, 0) is 12.0 Å². The number of oxazole rings is 1. The number of nitrogens with zero attached hydrogens (tertiary/aromatic N) is 2. The third-order valence-corrected chi connectivity index (χ3v) is 3.46. The molecule has 1 aromatic carbocycles. The third-order valence-electron chi connectivity index (χ3n) is 3.46. The number of methoxy groups -OCH3 is 1. The molecule has 1 amide bonds. The Balaban J connectivity index is 2.43. The van der Waals surface area contributed by atoms with Gasteiger partial charge in [-0.05, 0) is 17.0 Å². The maximum absolute atomic E-state index is 12.5. The molecule has 0 bridgehead atoms. The van der Waals surface area contributed by atoms with Gasteiger partial charge in [0.25, 0.3) is 5.91 Å². The number of nitro benzene ring substituents is 1. The molecule has 0 fully saturated rings. The first kappa shape index (κ1) is 17.5. The van der Waals surface area contributed by atoms with Crippen molar-refractivity contribution in [3.63, 3.8) is 0 Å². The summed E-state index contributed by atoms with van der Waals surface area (Å²) in [5, 5.41) is 14.0. The van der Waals surface area contributed by atoms with Crippen molar-refractivity contribution < 1.29 is 18.9 Å². The summed E-state index contributed by atoms with van der Waals surface area (Å²) in [6.45, 7) is 5.80. The van der Waals surface area contributed by atoms with Crippen LogP contribution in [-0.4, -0.2) is 22.9 Å². The number of carbonyl (C=O) groups is 1. The Bertz CT molecular complexity index is 748. The van der Waals surface area contributed by atoms with Gasteiger partial charge in [0.2, 0.25) is 11.6 Å². The van der Waals surface area contributed by atoms with Gasteiger partial charge in [-0.25, -0.2) is 4.98 Å². The fourth-order valence-corrected chi connectivity index (χ4v) is 2.16. The number of hydrogen-bond acceptors (Lipinski definition) is 6. The lowest BCUT2D eigenvalue weighted by atomic mass is 9.85. The van der Waals surface area contributed by atoms with Crippen LogP contribution in [0.15, 0.2) is 29.0 Å². The first-order valence-electron chi connectivity index (χ1n) is 7.27. The molecule has 1 N–H and O–H groups in total. The van der Waals surface area contributed by atoms with Gasteiger partial charge in [0, 0.05) is 6.07 Å². The maximum atomic E-state index is 12.5. The smallest absolute Gasteiger partial charge is 0.312 e. The predicted octanol–water partition coefficient (Wildman–Crippen LogP) is 2.82. The Morgan fingerprint density at radius 2 is 2.12 bits per heavy atom. The normalized spacial score (nSPS) is 11.2. The van der Waals surface area contributed by atoms with Crippen LogP contribution in [0.3, 0.4) is 0 Å². The monoisotopic (exact) mass is 333 g/mol. The summed E-state index contributed by atoms with van der Waals surface area (Å²) in [6, 6.07) is 3.04. The molecule has 0 radical (unpaired) electrons. The first-order chi connectivity index (χ1) is 11.2. The molecule has 8 heteroatoms. The van der Waals surface area contributed by atoms with E-state index in [4.69, 9.17) is 9.15 Å². The molecule has 2 rings (SSSR count). The number of benzene rings is 1. The fraction of sp³-hybridized carbons (Fsp3) is 0.375. The molecule has 8 nitrogen and oxygen atoms in total. The molecule has 24 heavy (non-hydrogen) atoms. The summed E-state index contributed by atoms with van der Waals surface area (Å²) >= 11 is 0. The van der Waals surface area contributed by atoms with Crippen LogP contribution in [0.4, 0.5) is 5.69 Å². The summed E-state index contributed by atoms with van der Waals surface area (Å²) in [5.41, 5.74) is 0.153. The van der Waals surface area contributed by atoms with Crippen LogP contribution in [0.25, 0.3) is 0 Å². The minimum Gasteiger partial charge on any atom is -0.490 e. The van der Waals surface area contributed by atoms with Crippen molar-refractivity contribution in [1.82, 2.24) is 10.3 Å². The van der Waals surface area contributed by atoms with Crippen molar-refractivity contribution in [1.29, 1.82) is 0 Å². The zero-order valence-corrected chi connectivity index (χ0v) is 14.0. The van der Waals surface area contributed by atoms with Gasteiger partial charge in [-0.15, -0.1) is 0 Å². The second kappa shape index (κ2) is 6.69.